The van der Waals surface area contributed by atoms with Gasteiger partial charge in [-0.2, -0.15) is 0 Å². The lowest BCUT2D eigenvalue weighted by atomic mass is 9.98. The lowest BCUT2D eigenvalue weighted by Crippen LogP contribution is -2.61. The van der Waals surface area contributed by atoms with Gasteiger partial charge in [-0.25, -0.2) is 4.79 Å². The number of carboxylic acids is 1. The minimum Gasteiger partial charge on any atom is -0.479 e. The molecule has 1 rings (SSSR count). The van der Waals surface area contributed by atoms with E-state index in [1.165, 1.54) is 173 Å². The molecule has 1 aliphatic rings. The van der Waals surface area contributed by atoms with Crippen molar-refractivity contribution < 1.29 is 58.2 Å². The van der Waals surface area contributed by atoms with E-state index < -0.39 is 67.3 Å². The third-order valence-corrected chi connectivity index (χ3v) is 15.0. The fourth-order valence-corrected chi connectivity index (χ4v) is 10.0. The summed E-state index contributed by atoms with van der Waals surface area (Å²) in [5.74, 6) is -3.10. The maximum atomic E-state index is 13.2. The van der Waals surface area contributed by atoms with Crippen LogP contribution in [0.5, 0.6) is 0 Å². The second-order valence-electron chi connectivity index (χ2n) is 22.4. The molecule has 1 aliphatic heterocycles. The average Bonchev–Trinajstić information content (AvgIpc) is 3.42. The first-order chi connectivity index (χ1) is 37.6. The van der Waals surface area contributed by atoms with Gasteiger partial charge < -0.3 is 39.0 Å². The zero-order valence-corrected chi connectivity index (χ0v) is 49.7. The number of hydrogen-bond acceptors (Lipinski definition) is 11. The van der Waals surface area contributed by atoms with Gasteiger partial charge in [-0.3, -0.25) is 14.4 Å². The third-order valence-electron chi connectivity index (χ3n) is 15.0. The van der Waals surface area contributed by atoms with Crippen molar-refractivity contribution in [3.05, 3.63) is 24.3 Å². The molecule has 0 amide bonds. The highest BCUT2D eigenvalue weighted by Gasteiger charge is 2.50. The molecule has 0 saturated carbocycles. The first-order valence-electron chi connectivity index (χ1n) is 32.3. The van der Waals surface area contributed by atoms with Gasteiger partial charge >= 0.3 is 23.9 Å². The van der Waals surface area contributed by atoms with Crippen molar-refractivity contribution in [2.24, 2.45) is 0 Å². The Morgan fingerprint density at radius 2 is 0.740 bits per heavy atom. The van der Waals surface area contributed by atoms with Gasteiger partial charge in [0.15, 0.2) is 24.6 Å². The van der Waals surface area contributed by atoms with E-state index >= 15 is 0 Å². The lowest BCUT2D eigenvalue weighted by Gasteiger charge is -2.40. The summed E-state index contributed by atoms with van der Waals surface area (Å²) in [5, 5.41) is 31.6. The second-order valence-corrected chi connectivity index (χ2v) is 22.4. The Morgan fingerprint density at radius 3 is 1.12 bits per heavy atom. The van der Waals surface area contributed by atoms with Gasteiger partial charge in [-0.05, 0) is 70.6 Å². The van der Waals surface area contributed by atoms with Crippen LogP contribution < -0.4 is 0 Å². The Balaban J connectivity index is 2.64. The van der Waals surface area contributed by atoms with E-state index in [9.17, 15) is 34.5 Å². The van der Waals surface area contributed by atoms with Gasteiger partial charge in [0.05, 0.1) is 6.61 Å². The second kappa shape index (κ2) is 53.8. The minimum atomic E-state index is -1.90. The first-order valence-corrected chi connectivity index (χ1v) is 32.3. The number of rotatable bonds is 56. The van der Waals surface area contributed by atoms with E-state index in [2.05, 4.69) is 45.1 Å². The number of hydrogen-bond donors (Lipinski definition) is 3. The molecule has 12 heteroatoms. The number of aliphatic hydroxyl groups excluding tert-OH is 2. The standard InChI is InChI=1S/C65H118O12/c1-4-7-10-13-16-19-22-25-27-29-31-34-36-39-42-45-48-51-57(66)73-54-56(75-58(67)52-49-46-43-40-37-33-24-21-18-15-12-9-6-3)55-74-65-63(61(70)60(69)62(77-65)64(71)72)76-59(68)53-50-47-44-41-38-35-32-30-28-26-23-20-17-14-11-8-5-2/h21,24-25,27,56,60-63,65,69-70H,4-20,22-23,26,28-55H2,1-3H3,(H,71,72)/b24-21-,27-25-. The number of esters is 3. The summed E-state index contributed by atoms with van der Waals surface area (Å²) < 4.78 is 28.5. The molecular formula is C65H118O12. The van der Waals surface area contributed by atoms with Crippen LogP contribution in [0.1, 0.15) is 316 Å². The average molecular weight is 1090 g/mol. The van der Waals surface area contributed by atoms with Crippen LogP contribution in [0.4, 0.5) is 0 Å². The zero-order chi connectivity index (χ0) is 56.1. The summed E-state index contributed by atoms with van der Waals surface area (Å²) in [6, 6.07) is 0. The van der Waals surface area contributed by atoms with E-state index in [1.54, 1.807) is 0 Å². The summed E-state index contributed by atoms with van der Waals surface area (Å²) in [4.78, 5) is 51.2. The van der Waals surface area contributed by atoms with Crippen LogP contribution in [-0.2, 0) is 42.9 Å². The molecule has 450 valence electrons. The Kier molecular flexibility index (Phi) is 50.5. The van der Waals surface area contributed by atoms with Gasteiger partial charge in [0.2, 0.25) is 0 Å². The number of carbonyl (C=O) groups excluding carboxylic acids is 3. The SMILES string of the molecule is CCCCCC/C=C\CCCCCCCC(=O)OC(COC(=O)CCCCCCCCC/C=C\CCCCCCCC)COC1OC(C(=O)O)C(O)C(O)C1OC(=O)CCCCCCCCCCCCCCCCCCC. The molecule has 6 atom stereocenters. The summed E-state index contributed by atoms with van der Waals surface area (Å²) >= 11 is 0. The molecular weight excluding hydrogens is 973 g/mol. The molecule has 77 heavy (non-hydrogen) atoms. The van der Waals surface area contributed by atoms with Gasteiger partial charge in [0.25, 0.3) is 0 Å². The maximum Gasteiger partial charge on any atom is 0.335 e. The van der Waals surface area contributed by atoms with Crippen molar-refractivity contribution in [3.63, 3.8) is 0 Å². The van der Waals surface area contributed by atoms with E-state index in [1.807, 2.05) is 0 Å². The van der Waals surface area contributed by atoms with Crippen molar-refractivity contribution in [1.29, 1.82) is 0 Å². The van der Waals surface area contributed by atoms with Gasteiger partial charge in [0.1, 0.15) is 18.8 Å². The quantitative estimate of drug-likeness (QED) is 0.0228. The number of aliphatic carboxylic acids is 1. The molecule has 3 N–H and O–H groups in total. The van der Waals surface area contributed by atoms with Gasteiger partial charge in [-0.15, -0.1) is 0 Å². The third kappa shape index (κ3) is 43.7. The summed E-state index contributed by atoms with van der Waals surface area (Å²) in [7, 11) is 0. The van der Waals surface area contributed by atoms with Crippen LogP contribution in [0.15, 0.2) is 24.3 Å². The number of aliphatic hydroxyl groups is 2. The van der Waals surface area contributed by atoms with Crippen LogP contribution in [0.25, 0.3) is 0 Å². The molecule has 0 radical (unpaired) electrons. The maximum absolute atomic E-state index is 13.2. The number of carboxylic acid groups (broad SMARTS) is 1. The number of unbranched alkanes of at least 4 members (excludes halogenated alkanes) is 38. The molecule has 0 aromatic carbocycles. The van der Waals surface area contributed by atoms with E-state index in [4.69, 9.17) is 23.7 Å². The molecule has 0 aromatic rings. The smallest absolute Gasteiger partial charge is 0.335 e. The highest BCUT2D eigenvalue weighted by molar-refractivity contribution is 5.74. The lowest BCUT2D eigenvalue weighted by molar-refractivity contribution is -0.301. The largest absolute Gasteiger partial charge is 0.479 e. The summed E-state index contributed by atoms with van der Waals surface area (Å²) in [5.41, 5.74) is 0. The van der Waals surface area contributed by atoms with Crippen LogP contribution in [-0.4, -0.2) is 89.2 Å². The Morgan fingerprint density at radius 1 is 0.416 bits per heavy atom. The molecule has 1 saturated heterocycles. The van der Waals surface area contributed by atoms with E-state index in [0.717, 1.165) is 83.5 Å². The van der Waals surface area contributed by atoms with Gasteiger partial charge in [-0.1, -0.05) is 251 Å². The molecule has 1 fully saturated rings. The van der Waals surface area contributed by atoms with Crippen LogP contribution in [0.2, 0.25) is 0 Å². The monoisotopic (exact) mass is 1090 g/mol. The van der Waals surface area contributed by atoms with Crippen molar-refractivity contribution >= 4 is 23.9 Å². The predicted molar refractivity (Wildman–Crippen MR) is 313 cm³/mol. The van der Waals surface area contributed by atoms with Crippen molar-refractivity contribution in [2.45, 2.75) is 353 Å². The number of carbonyl (C=O) groups is 4. The van der Waals surface area contributed by atoms with Crippen LogP contribution >= 0.6 is 0 Å². The molecule has 6 unspecified atom stereocenters. The zero-order valence-electron chi connectivity index (χ0n) is 49.7. The van der Waals surface area contributed by atoms with Gasteiger partial charge in [0, 0.05) is 19.3 Å². The molecule has 0 aromatic heterocycles. The number of ether oxygens (including phenoxy) is 5. The molecule has 1 heterocycles. The Labute approximate surface area is 470 Å². The first kappa shape index (κ1) is 72.2. The molecule has 0 aliphatic carbocycles. The fraction of sp³-hybridized carbons (Fsp3) is 0.877. The highest BCUT2D eigenvalue weighted by atomic mass is 16.7. The Bertz CT molecular complexity index is 1430. The molecule has 0 bridgehead atoms. The topological polar surface area (TPSA) is 175 Å². The predicted octanol–water partition coefficient (Wildman–Crippen LogP) is 17.0. The Hall–Kier alpha value is -2.80. The number of allylic oxidation sites excluding steroid dienone is 4. The van der Waals surface area contributed by atoms with Crippen molar-refractivity contribution in [2.75, 3.05) is 13.2 Å². The van der Waals surface area contributed by atoms with Crippen LogP contribution in [0, 0.1) is 0 Å². The van der Waals surface area contributed by atoms with E-state index in [-0.39, 0.29) is 25.9 Å². The van der Waals surface area contributed by atoms with Crippen molar-refractivity contribution in [3.8, 4) is 0 Å². The molecule has 0 spiro atoms. The van der Waals surface area contributed by atoms with E-state index in [0.29, 0.717) is 19.3 Å². The van der Waals surface area contributed by atoms with Crippen LogP contribution in [0.3, 0.4) is 0 Å². The summed E-state index contributed by atoms with van der Waals surface area (Å²) in [6.45, 7) is 6.01. The fourth-order valence-electron chi connectivity index (χ4n) is 10.0. The van der Waals surface area contributed by atoms with Crippen molar-refractivity contribution in [1.82, 2.24) is 0 Å². The highest BCUT2D eigenvalue weighted by Crippen LogP contribution is 2.27. The normalized spacial score (nSPS) is 18.1. The summed E-state index contributed by atoms with van der Waals surface area (Å²) in [6.07, 6.45) is 49.9. The molecule has 12 nitrogen and oxygen atoms in total. The minimum absolute atomic E-state index is 0.0662.